The summed E-state index contributed by atoms with van der Waals surface area (Å²) >= 11 is 8.21. The molecule has 0 saturated carbocycles. The van der Waals surface area contributed by atoms with Crippen LogP contribution in [-0.4, -0.2) is 68.5 Å². The van der Waals surface area contributed by atoms with Crippen molar-refractivity contribution in [1.29, 1.82) is 0 Å². The number of nitrogens with zero attached hydrogens (tertiary/aromatic N) is 6. The van der Waals surface area contributed by atoms with Crippen LogP contribution in [0.1, 0.15) is 29.7 Å². The molecule has 1 unspecified atom stereocenters. The molecular formula is C25H28ClN7OS. The van der Waals surface area contributed by atoms with Crippen LogP contribution in [0.3, 0.4) is 0 Å². The van der Waals surface area contributed by atoms with Crippen LogP contribution in [-0.2, 0) is 17.6 Å². The zero-order valence-electron chi connectivity index (χ0n) is 19.9. The summed E-state index contributed by atoms with van der Waals surface area (Å²) in [5.41, 5.74) is 3.00. The van der Waals surface area contributed by atoms with Crippen LogP contribution in [0.2, 0.25) is 5.02 Å². The van der Waals surface area contributed by atoms with Gasteiger partial charge in [0.1, 0.15) is 17.0 Å². The molecule has 1 fully saturated rings. The number of nitrogens with one attached hydrogen (secondary N) is 1. The number of thiophene rings is 1. The van der Waals surface area contributed by atoms with Crippen molar-refractivity contribution in [3.05, 3.63) is 46.3 Å². The van der Waals surface area contributed by atoms with Crippen molar-refractivity contribution in [2.75, 3.05) is 32.5 Å². The van der Waals surface area contributed by atoms with E-state index in [1.54, 1.807) is 34.6 Å². The number of hydrogen-bond donors (Lipinski definition) is 1. The van der Waals surface area contributed by atoms with Crippen molar-refractivity contribution in [1.82, 2.24) is 29.4 Å². The zero-order valence-corrected chi connectivity index (χ0v) is 21.4. The Morgan fingerprint density at radius 2 is 2.06 bits per heavy atom. The number of anilines is 2. The molecule has 1 saturated heterocycles. The molecule has 6 rings (SSSR count). The third-order valence-electron chi connectivity index (χ3n) is 7.44. The summed E-state index contributed by atoms with van der Waals surface area (Å²) in [5.74, 6) is 1.12. The number of halogens is 1. The fourth-order valence-corrected chi connectivity index (χ4v) is 6.90. The standard InChI is InChI=1S/C25H28ClN7OS/c1-31(2)16-6-9-32(10-7-16)25(34)15-3-4-18-21(11-15)35-24-22(18)23(27-14-28-24)30-20-12-17-5-8-29-33(17)13-19(20)26/h5,8,12-16H,3-4,6-7,9-11H2,1-2H3,(H,27,28,30). The Morgan fingerprint density at radius 3 is 2.86 bits per heavy atom. The van der Waals surface area contributed by atoms with E-state index in [1.807, 2.05) is 12.1 Å². The molecule has 4 aromatic heterocycles. The van der Waals surface area contributed by atoms with Gasteiger partial charge in [-0.3, -0.25) is 4.79 Å². The maximum atomic E-state index is 13.3. The van der Waals surface area contributed by atoms with Crippen molar-refractivity contribution in [2.24, 2.45) is 5.92 Å². The van der Waals surface area contributed by atoms with Gasteiger partial charge >= 0.3 is 0 Å². The maximum Gasteiger partial charge on any atom is 0.226 e. The van der Waals surface area contributed by atoms with Crippen LogP contribution in [0.25, 0.3) is 15.7 Å². The third-order valence-corrected chi connectivity index (χ3v) is 8.90. The molecule has 1 atom stereocenters. The Kier molecular flexibility index (Phi) is 5.86. The zero-order chi connectivity index (χ0) is 24.1. The number of fused-ring (bicyclic) bond motifs is 4. The van der Waals surface area contributed by atoms with E-state index in [-0.39, 0.29) is 5.92 Å². The number of pyridine rings is 1. The SMILES string of the molecule is CN(C)C1CCN(C(=O)C2CCc3c(sc4ncnc(Nc5cc6ccnn6cc5Cl)c34)C2)CC1. The lowest BCUT2D eigenvalue weighted by molar-refractivity contribution is -0.137. The number of carbonyl (C=O) groups is 1. The summed E-state index contributed by atoms with van der Waals surface area (Å²) in [6, 6.07) is 4.48. The number of amides is 1. The number of aryl methyl sites for hydroxylation is 1. The fraction of sp³-hybridized carbons (Fsp3) is 0.440. The molecule has 10 heteroatoms. The van der Waals surface area contributed by atoms with Gasteiger partial charge in [-0.2, -0.15) is 5.10 Å². The first-order valence-electron chi connectivity index (χ1n) is 12.1. The Hall–Kier alpha value is -2.75. The monoisotopic (exact) mass is 509 g/mol. The summed E-state index contributed by atoms with van der Waals surface area (Å²) in [5, 5.41) is 9.30. The second kappa shape index (κ2) is 9.04. The van der Waals surface area contributed by atoms with E-state index < -0.39 is 0 Å². The lowest BCUT2D eigenvalue weighted by Crippen LogP contribution is -2.47. The summed E-state index contributed by atoms with van der Waals surface area (Å²) in [7, 11) is 4.25. The van der Waals surface area contributed by atoms with Crippen LogP contribution < -0.4 is 5.32 Å². The van der Waals surface area contributed by atoms with Gasteiger partial charge in [-0.1, -0.05) is 11.6 Å². The van der Waals surface area contributed by atoms with E-state index in [4.69, 9.17) is 11.6 Å². The van der Waals surface area contributed by atoms with Crippen LogP contribution >= 0.6 is 22.9 Å². The van der Waals surface area contributed by atoms with Gasteiger partial charge in [0, 0.05) is 42.3 Å². The molecule has 1 aliphatic carbocycles. The number of rotatable bonds is 4. The highest BCUT2D eigenvalue weighted by molar-refractivity contribution is 7.19. The first-order valence-corrected chi connectivity index (χ1v) is 13.3. The van der Waals surface area contributed by atoms with Crippen LogP contribution in [0, 0.1) is 5.92 Å². The predicted molar refractivity (Wildman–Crippen MR) is 140 cm³/mol. The Balaban J connectivity index is 1.24. The van der Waals surface area contributed by atoms with Crippen molar-refractivity contribution in [2.45, 2.75) is 38.1 Å². The van der Waals surface area contributed by atoms with Gasteiger partial charge in [-0.05, 0) is 63.9 Å². The minimum absolute atomic E-state index is 0.0505. The van der Waals surface area contributed by atoms with Crippen molar-refractivity contribution < 1.29 is 4.79 Å². The average molecular weight is 510 g/mol. The summed E-state index contributed by atoms with van der Waals surface area (Å²) in [4.78, 5) is 29.0. The van der Waals surface area contributed by atoms with E-state index in [9.17, 15) is 4.79 Å². The summed E-state index contributed by atoms with van der Waals surface area (Å²) in [6.07, 6.45) is 9.74. The maximum absolute atomic E-state index is 13.3. The quantitative estimate of drug-likeness (QED) is 0.439. The minimum atomic E-state index is 0.0505. The van der Waals surface area contributed by atoms with Gasteiger partial charge in [0.2, 0.25) is 5.91 Å². The molecule has 1 N–H and O–H groups in total. The highest BCUT2D eigenvalue weighted by Crippen LogP contribution is 2.41. The molecule has 0 radical (unpaired) electrons. The molecule has 5 heterocycles. The lowest BCUT2D eigenvalue weighted by Gasteiger charge is -2.37. The first-order chi connectivity index (χ1) is 17.0. The number of hydrogen-bond acceptors (Lipinski definition) is 7. The van der Waals surface area contributed by atoms with Gasteiger partial charge in [0.15, 0.2) is 0 Å². The van der Waals surface area contributed by atoms with Crippen molar-refractivity contribution in [3.8, 4) is 0 Å². The van der Waals surface area contributed by atoms with E-state index in [0.29, 0.717) is 17.0 Å². The molecule has 1 amide bonds. The molecule has 0 aromatic carbocycles. The second-order valence-electron chi connectivity index (χ2n) is 9.73. The number of carbonyl (C=O) groups excluding carboxylic acids is 1. The van der Waals surface area contributed by atoms with Crippen LogP contribution in [0.4, 0.5) is 11.5 Å². The Labute approximate surface area is 212 Å². The molecule has 4 aromatic rings. The molecular weight excluding hydrogens is 482 g/mol. The highest BCUT2D eigenvalue weighted by atomic mass is 35.5. The van der Waals surface area contributed by atoms with Crippen LogP contribution in [0.15, 0.2) is 30.9 Å². The van der Waals surface area contributed by atoms with Gasteiger partial charge < -0.3 is 15.1 Å². The smallest absolute Gasteiger partial charge is 0.226 e. The van der Waals surface area contributed by atoms with E-state index in [2.05, 4.69) is 44.3 Å². The molecule has 0 spiro atoms. The van der Waals surface area contributed by atoms with Crippen LogP contribution in [0.5, 0.6) is 0 Å². The number of likely N-dealkylation sites (tertiary alicyclic amines) is 1. The first kappa shape index (κ1) is 22.7. The second-order valence-corrected chi connectivity index (χ2v) is 11.2. The Morgan fingerprint density at radius 1 is 1.23 bits per heavy atom. The van der Waals surface area contributed by atoms with Gasteiger partial charge in [0.25, 0.3) is 0 Å². The average Bonchev–Trinajstić information content (AvgIpc) is 3.47. The van der Waals surface area contributed by atoms with Gasteiger partial charge in [0.05, 0.1) is 21.6 Å². The topological polar surface area (TPSA) is 78.7 Å². The summed E-state index contributed by atoms with van der Waals surface area (Å²) in [6.45, 7) is 1.72. The molecule has 35 heavy (non-hydrogen) atoms. The summed E-state index contributed by atoms with van der Waals surface area (Å²) < 4.78 is 1.75. The highest BCUT2D eigenvalue weighted by Gasteiger charge is 2.33. The molecule has 1 aliphatic heterocycles. The molecule has 2 aliphatic rings. The predicted octanol–water partition coefficient (Wildman–Crippen LogP) is 4.39. The normalized spacial score (nSPS) is 19.0. The number of piperidine rings is 1. The van der Waals surface area contributed by atoms with E-state index >= 15 is 0 Å². The fourth-order valence-electron chi connectivity index (χ4n) is 5.44. The molecule has 0 bridgehead atoms. The van der Waals surface area contributed by atoms with Crippen molar-refractivity contribution >= 4 is 56.1 Å². The molecule has 182 valence electrons. The third kappa shape index (κ3) is 4.15. The minimum Gasteiger partial charge on any atom is -0.342 e. The van der Waals surface area contributed by atoms with E-state index in [1.165, 1.54) is 10.4 Å². The van der Waals surface area contributed by atoms with Crippen molar-refractivity contribution in [3.63, 3.8) is 0 Å². The van der Waals surface area contributed by atoms with Gasteiger partial charge in [-0.15, -0.1) is 11.3 Å². The van der Waals surface area contributed by atoms with E-state index in [0.717, 1.165) is 72.4 Å². The lowest BCUT2D eigenvalue weighted by atomic mass is 9.86. The molecule has 8 nitrogen and oxygen atoms in total. The Bertz CT molecular complexity index is 1410. The largest absolute Gasteiger partial charge is 0.342 e. The number of aromatic nitrogens is 4. The van der Waals surface area contributed by atoms with Gasteiger partial charge in [-0.25, -0.2) is 14.5 Å².